The van der Waals surface area contributed by atoms with Crippen molar-refractivity contribution in [2.24, 2.45) is 0 Å². The minimum atomic E-state index is 0.0166. The Bertz CT molecular complexity index is 594. The molecular formula is C15H13ClO2S. The molecule has 0 heterocycles. The lowest BCUT2D eigenvalue weighted by atomic mass is 10.1. The number of ether oxygens (including phenoxy) is 1. The lowest BCUT2D eigenvalue weighted by Crippen LogP contribution is -1.91. The summed E-state index contributed by atoms with van der Waals surface area (Å²) in [6.07, 6.45) is 0. The zero-order chi connectivity index (χ0) is 13.8. The molecule has 19 heavy (non-hydrogen) atoms. The van der Waals surface area contributed by atoms with Gasteiger partial charge < -0.3 is 4.74 Å². The number of hydrogen-bond donors (Lipinski definition) is 0. The number of benzene rings is 2. The van der Waals surface area contributed by atoms with Gasteiger partial charge in [-0.3, -0.25) is 4.79 Å². The molecule has 0 radical (unpaired) electrons. The zero-order valence-electron chi connectivity index (χ0n) is 10.6. The number of methoxy groups -OCH3 is 1. The molecule has 2 rings (SSSR count). The van der Waals surface area contributed by atoms with E-state index in [1.54, 1.807) is 31.0 Å². The van der Waals surface area contributed by atoms with Crippen molar-refractivity contribution in [2.75, 3.05) is 7.11 Å². The summed E-state index contributed by atoms with van der Waals surface area (Å²) in [7, 11) is 1.64. The van der Waals surface area contributed by atoms with Gasteiger partial charge in [-0.1, -0.05) is 29.4 Å². The highest BCUT2D eigenvalue weighted by Crippen LogP contribution is 2.34. The summed E-state index contributed by atoms with van der Waals surface area (Å²) in [6, 6.07) is 13.1. The van der Waals surface area contributed by atoms with Crippen LogP contribution in [0.4, 0.5) is 0 Å². The Morgan fingerprint density at radius 3 is 2.37 bits per heavy atom. The fourth-order valence-corrected chi connectivity index (χ4v) is 2.69. The van der Waals surface area contributed by atoms with Crippen LogP contribution >= 0.6 is 23.4 Å². The second-order valence-electron chi connectivity index (χ2n) is 3.98. The Balaban J connectivity index is 2.20. The lowest BCUT2D eigenvalue weighted by molar-refractivity contribution is 0.101. The monoisotopic (exact) mass is 292 g/mol. The van der Waals surface area contributed by atoms with Crippen molar-refractivity contribution in [3.05, 3.63) is 53.1 Å². The predicted octanol–water partition coefficient (Wildman–Crippen LogP) is 4.70. The van der Waals surface area contributed by atoms with Crippen molar-refractivity contribution in [1.29, 1.82) is 0 Å². The average molecular weight is 293 g/mol. The van der Waals surface area contributed by atoms with E-state index < -0.39 is 0 Å². The Labute approximate surface area is 121 Å². The molecule has 0 aliphatic heterocycles. The molecule has 0 unspecified atom stereocenters. The second-order valence-corrected chi connectivity index (χ2v) is 5.50. The van der Waals surface area contributed by atoms with E-state index >= 15 is 0 Å². The van der Waals surface area contributed by atoms with Gasteiger partial charge in [0.05, 0.1) is 12.1 Å². The van der Waals surface area contributed by atoms with Crippen LogP contribution in [0.5, 0.6) is 5.75 Å². The number of carbonyl (C=O) groups is 1. The van der Waals surface area contributed by atoms with Gasteiger partial charge in [-0.15, -0.1) is 0 Å². The number of hydrogen-bond acceptors (Lipinski definition) is 3. The summed E-state index contributed by atoms with van der Waals surface area (Å²) >= 11 is 7.74. The van der Waals surface area contributed by atoms with E-state index in [-0.39, 0.29) is 5.78 Å². The SMILES string of the molecule is COc1ccc(Sc2ccc(C(C)=O)cc2Cl)cc1. The normalized spacial score (nSPS) is 10.3. The number of Topliss-reactive ketones (excluding diaryl/α,β-unsaturated/α-hetero) is 1. The summed E-state index contributed by atoms with van der Waals surface area (Å²) < 4.78 is 5.11. The molecule has 98 valence electrons. The minimum Gasteiger partial charge on any atom is -0.497 e. The van der Waals surface area contributed by atoms with E-state index in [0.717, 1.165) is 15.5 Å². The van der Waals surface area contributed by atoms with Crippen LogP contribution in [0.3, 0.4) is 0 Å². The van der Waals surface area contributed by atoms with Crippen LogP contribution in [0.1, 0.15) is 17.3 Å². The van der Waals surface area contributed by atoms with Gasteiger partial charge in [0.25, 0.3) is 0 Å². The molecule has 4 heteroatoms. The molecule has 0 atom stereocenters. The minimum absolute atomic E-state index is 0.0166. The smallest absolute Gasteiger partial charge is 0.159 e. The van der Waals surface area contributed by atoms with Gasteiger partial charge in [-0.2, -0.15) is 0 Å². The van der Waals surface area contributed by atoms with Crippen LogP contribution in [-0.4, -0.2) is 12.9 Å². The first-order chi connectivity index (χ1) is 9.10. The van der Waals surface area contributed by atoms with E-state index in [2.05, 4.69) is 0 Å². The van der Waals surface area contributed by atoms with Crippen molar-refractivity contribution in [3.63, 3.8) is 0 Å². The van der Waals surface area contributed by atoms with E-state index in [1.165, 1.54) is 6.92 Å². The first-order valence-corrected chi connectivity index (χ1v) is 6.92. The third kappa shape index (κ3) is 3.52. The first kappa shape index (κ1) is 14.0. The molecule has 0 amide bonds. The molecule has 0 aromatic heterocycles. The number of ketones is 1. The molecule has 0 fully saturated rings. The van der Waals surface area contributed by atoms with Crippen molar-refractivity contribution in [3.8, 4) is 5.75 Å². The van der Waals surface area contributed by atoms with Gasteiger partial charge in [0.1, 0.15) is 5.75 Å². The standard InChI is InChI=1S/C15H13ClO2S/c1-10(17)11-3-8-15(14(16)9-11)19-13-6-4-12(18-2)5-7-13/h3-9H,1-2H3. The van der Waals surface area contributed by atoms with E-state index in [9.17, 15) is 4.79 Å². The summed E-state index contributed by atoms with van der Waals surface area (Å²) in [4.78, 5) is 13.3. The van der Waals surface area contributed by atoms with Crippen molar-refractivity contribution in [2.45, 2.75) is 16.7 Å². The Kier molecular flexibility index (Phi) is 4.51. The molecule has 2 aromatic carbocycles. The zero-order valence-corrected chi connectivity index (χ0v) is 12.2. The van der Waals surface area contributed by atoms with Crippen molar-refractivity contribution in [1.82, 2.24) is 0 Å². The maximum Gasteiger partial charge on any atom is 0.159 e. The summed E-state index contributed by atoms with van der Waals surface area (Å²) in [6.45, 7) is 1.53. The quantitative estimate of drug-likeness (QED) is 0.764. The van der Waals surface area contributed by atoms with Crippen LogP contribution in [-0.2, 0) is 0 Å². The maximum atomic E-state index is 11.3. The fourth-order valence-electron chi connectivity index (χ4n) is 1.57. The van der Waals surface area contributed by atoms with Crippen LogP contribution < -0.4 is 4.74 Å². The van der Waals surface area contributed by atoms with Crippen molar-refractivity contribution >= 4 is 29.1 Å². The van der Waals surface area contributed by atoms with E-state index in [0.29, 0.717) is 10.6 Å². The molecule has 2 aromatic rings. The fraction of sp³-hybridized carbons (Fsp3) is 0.133. The van der Waals surface area contributed by atoms with Crippen LogP contribution in [0.25, 0.3) is 0 Å². The number of halogens is 1. The molecule has 0 aliphatic carbocycles. The number of carbonyl (C=O) groups excluding carboxylic acids is 1. The molecule has 0 N–H and O–H groups in total. The molecule has 0 saturated heterocycles. The third-order valence-electron chi connectivity index (χ3n) is 2.63. The highest BCUT2D eigenvalue weighted by molar-refractivity contribution is 7.99. The molecule has 2 nitrogen and oxygen atoms in total. The average Bonchev–Trinajstić information content (AvgIpc) is 2.41. The van der Waals surface area contributed by atoms with Gasteiger partial charge in [-0.25, -0.2) is 0 Å². The largest absolute Gasteiger partial charge is 0.497 e. The van der Waals surface area contributed by atoms with Gasteiger partial charge in [0.15, 0.2) is 5.78 Å². The summed E-state index contributed by atoms with van der Waals surface area (Å²) in [5.74, 6) is 0.838. The molecule has 0 aliphatic rings. The van der Waals surface area contributed by atoms with Gasteiger partial charge >= 0.3 is 0 Å². The lowest BCUT2D eigenvalue weighted by Gasteiger charge is -2.06. The molecular weight excluding hydrogens is 280 g/mol. The van der Waals surface area contributed by atoms with Crippen LogP contribution in [0.15, 0.2) is 52.3 Å². The Hall–Kier alpha value is -1.45. The highest BCUT2D eigenvalue weighted by Gasteiger charge is 2.06. The molecule has 0 saturated carbocycles. The van der Waals surface area contributed by atoms with Gasteiger partial charge in [-0.05, 0) is 43.3 Å². The first-order valence-electron chi connectivity index (χ1n) is 5.72. The van der Waals surface area contributed by atoms with Gasteiger partial charge in [0.2, 0.25) is 0 Å². The topological polar surface area (TPSA) is 26.3 Å². The van der Waals surface area contributed by atoms with Gasteiger partial charge in [0, 0.05) is 15.4 Å². The molecule has 0 bridgehead atoms. The van der Waals surface area contributed by atoms with E-state index in [1.807, 2.05) is 30.3 Å². The number of rotatable bonds is 4. The molecule has 0 spiro atoms. The second kappa shape index (κ2) is 6.13. The highest BCUT2D eigenvalue weighted by atomic mass is 35.5. The predicted molar refractivity (Wildman–Crippen MR) is 78.6 cm³/mol. The Morgan fingerprint density at radius 2 is 1.84 bits per heavy atom. The summed E-state index contributed by atoms with van der Waals surface area (Å²) in [5, 5.41) is 0.591. The Morgan fingerprint density at radius 1 is 1.16 bits per heavy atom. The van der Waals surface area contributed by atoms with Crippen LogP contribution in [0.2, 0.25) is 5.02 Å². The summed E-state index contributed by atoms with van der Waals surface area (Å²) in [5.41, 5.74) is 0.629. The van der Waals surface area contributed by atoms with Crippen LogP contribution in [0, 0.1) is 0 Å². The van der Waals surface area contributed by atoms with Crippen molar-refractivity contribution < 1.29 is 9.53 Å². The third-order valence-corrected chi connectivity index (χ3v) is 4.13. The van der Waals surface area contributed by atoms with E-state index in [4.69, 9.17) is 16.3 Å². The maximum absolute atomic E-state index is 11.3.